The summed E-state index contributed by atoms with van der Waals surface area (Å²) in [7, 11) is 0. The van der Waals surface area contributed by atoms with Gasteiger partial charge in [0.1, 0.15) is 6.33 Å². The van der Waals surface area contributed by atoms with Gasteiger partial charge in [-0.1, -0.05) is 13.8 Å². The first-order chi connectivity index (χ1) is 7.50. The molecular formula is C13H23N3. The maximum absolute atomic E-state index is 5.79. The molecule has 0 amide bonds. The second kappa shape index (κ2) is 5.94. The van der Waals surface area contributed by atoms with Crippen LogP contribution in [0.25, 0.3) is 0 Å². The largest absolute Gasteiger partial charge is 0.328 e. The van der Waals surface area contributed by atoms with E-state index in [2.05, 4.69) is 30.7 Å². The van der Waals surface area contributed by atoms with Crippen LogP contribution >= 0.6 is 0 Å². The Morgan fingerprint density at radius 3 is 2.50 bits per heavy atom. The topological polar surface area (TPSA) is 51.8 Å². The normalized spacial score (nSPS) is 13.1. The first-order valence-corrected chi connectivity index (χ1v) is 6.05. The molecule has 1 aromatic heterocycles. The van der Waals surface area contributed by atoms with Crippen molar-refractivity contribution >= 4 is 0 Å². The second-order valence-electron chi connectivity index (χ2n) is 5.00. The van der Waals surface area contributed by atoms with Gasteiger partial charge in [-0.05, 0) is 44.6 Å². The maximum atomic E-state index is 5.79. The van der Waals surface area contributed by atoms with E-state index in [1.54, 1.807) is 6.33 Å². The molecule has 3 heteroatoms. The Labute approximate surface area is 98.5 Å². The van der Waals surface area contributed by atoms with Gasteiger partial charge in [-0.3, -0.25) is 0 Å². The van der Waals surface area contributed by atoms with Crippen molar-refractivity contribution in [3.63, 3.8) is 0 Å². The van der Waals surface area contributed by atoms with Gasteiger partial charge in [0, 0.05) is 17.4 Å². The van der Waals surface area contributed by atoms with Gasteiger partial charge < -0.3 is 5.73 Å². The van der Waals surface area contributed by atoms with Gasteiger partial charge in [-0.2, -0.15) is 0 Å². The summed E-state index contributed by atoms with van der Waals surface area (Å²) in [5.74, 6) is 0.638. The molecule has 0 saturated carbocycles. The number of hydrogen-bond acceptors (Lipinski definition) is 3. The number of hydrogen-bond donors (Lipinski definition) is 1. The zero-order valence-corrected chi connectivity index (χ0v) is 10.8. The van der Waals surface area contributed by atoms with E-state index in [1.807, 2.05) is 6.92 Å². The first kappa shape index (κ1) is 13.1. The minimum absolute atomic E-state index is 0.238. The Hall–Kier alpha value is -0.960. The molecule has 90 valence electrons. The minimum atomic E-state index is 0.238. The predicted octanol–water partition coefficient (Wildman–Crippen LogP) is 2.26. The van der Waals surface area contributed by atoms with Gasteiger partial charge in [0.25, 0.3) is 0 Å². The smallest absolute Gasteiger partial charge is 0.115 e. The molecule has 0 saturated heterocycles. The van der Waals surface area contributed by atoms with Crippen LogP contribution in [0.1, 0.15) is 44.1 Å². The van der Waals surface area contributed by atoms with Crippen LogP contribution in [-0.4, -0.2) is 16.0 Å². The van der Waals surface area contributed by atoms with Crippen molar-refractivity contribution in [2.45, 2.75) is 53.0 Å². The van der Waals surface area contributed by atoms with Crippen LogP contribution in [-0.2, 0) is 12.8 Å². The number of aryl methyl sites for hydroxylation is 2. The van der Waals surface area contributed by atoms with Crippen molar-refractivity contribution in [3.8, 4) is 0 Å². The summed E-state index contributed by atoms with van der Waals surface area (Å²) in [4.78, 5) is 8.68. The third-order valence-electron chi connectivity index (χ3n) is 2.70. The standard InChI is InChI=1S/C13H23N3/c1-9(2)7-12-11(4)15-8-16-13(12)6-5-10(3)14/h8-10H,5-7,14H2,1-4H3. The van der Waals surface area contributed by atoms with Gasteiger partial charge >= 0.3 is 0 Å². The van der Waals surface area contributed by atoms with E-state index in [4.69, 9.17) is 5.73 Å². The number of aromatic nitrogens is 2. The molecule has 0 aliphatic heterocycles. The quantitative estimate of drug-likeness (QED) is 0.829. The van der Waals surface area contributed by atoms with E-state index in [9.17, 15) is 0 Å². The van der Waals surface area contributed by atoms with E-state index in [0.29, 0.717) is 5.92 Å². The highest BCUT2D eigenvalue weighted by molar-refractivity contribution is 5.24. The Bertz CT molecular complexity index is 332. The van der Waals surface area contributed by atoms with Crippen molar-refractivity contribution in [1.29, 1.82) is 0 Å². The van der Waals surface area contributed by atoms with Gasteiger partial charge in [0.05, 0.1) is 0 Å². The fraction of sp³-hybridized carbons (Fsp3) is 0.692. The lowest BCUT2D eigenvalue weighted by Crippen LogP contribution is -2.17. The lowest BCUT2D eigenvalue weighted by atomic mass is 9.97. The highest BCUT2D eigenvalue weighted by Gasteiger charge is 2.10. The fourth-order valence-corrected chi connectivity index (χ4v) is 1.80. The lowest BCUT2D eigenvalue weighted by molar-refractivity contribution is 0.615. The van der Waals surface area contributed by atoms with Gasteiger partial charge in [0.15, 0.2) is 0 Å². The third kappa shape index (κ3) is 3.89. The molecule has 1 rings (SSSR count). The van der Waals surface area contributed by atoms with Crippen LogP contribution in [0.2, 0.25) is 0 Å². The van der Waals surface area contributed by atoms with Crippen molar-refractivity contribution in [2.75, 3.05) is 0 Å². The Balaban J connectivity index is 2.85. The SMILES string of the molecule is Cc1ncnc(CCC(C)N)c1CC(C)C. The summed E-state index contributed by atoms with van der Waals surface area (Å²) < 4.78 is 0. The Morgan fingerprint density at radius 1 is 1.25 bits per heavy atom. The van der Waals surface area contributed by atoms with Crippen LogP contribution in [0, 0.1) is 12.8 Å². The Kier molecular flexibility index (Phi) is 4.87. The molecule has 1 unspecified atom stereocenters. The summed E-state index contributed by atoms with van der Waals surface area (Å²) in [5.41, 5.74) is 9.40. The highest BCUT2D eigenvalue weighted by Crippen LogP contribution is 2.16. The van der Waals surface area contributed by atoms with Crippen LogP contribution in [0.5, 0.6) is 0 Å². The zero-order valence-electron chi connectivity index (χ0n) is 10.8. The van der Waals surface area contributed by atoms with E-state index in [0.717, 1.165) is 25.0 Å². The molecule has 1 aromatic rings. The minimum Gasteiger partial charge on any atom is -0.328 e. The monoisotopic (exact) mass is 221 g/mol. The third-order valence-corrected chi connectivity index (χ3v) is 2.70. The molecule has 0 radical (unpaired) electrons. The van der Waals surface area contributed by atoms with Crippen LogP contribution in [0.4, 0.5) is 0 Å². The molecular weight excluding hydrogens is 198 g/mol. The molecule has 1 heterocycles. The summed E-state index contributed by atoms with van der Waals surface area (Å²) >= 11 is 0. The molecule has 0 fully saturated rings. The van der Waals surface area contributed by atoms with Gasteiger partial charge in [-0.25, -0.2) is 9.97 Å². The maximum Gasteiger partial charge on any atom is 0.115 e. The van der Waals surface area contributed by atoms with Gasteiger partial charge in [-0.15, -0.1) is 0 Å². The van der Waals surface area contributed by atoms with Crippen molar-refractivity contribution in [2.24, 2.45) is 11.7 Å². The van der Waals surface area contributed by atoms with E-state index >= 15 is 0 Å². The summed E-state index contributed by atoms with van der Waals surface area (Å²) in [6.07, 6.45) is 4.67. The predicted molar refractivity (Wildman–Crippen MR) is 67.3 cm³/mol. The molecule has 1 atom stereocenters. The second-order valence-corrected chi connectivity index (χ2v) is 5.00. The van der Waals surface area contributed by atoms with Crippen molar-refractivity contribution < 1.29 is 0 Å². The molecule has 2 N–H and O–H groups in total. The summed E-state index contributed by atoms with van der Waals surface area (Å²) in [6, 6.07) is 0.238. The average Bonchev–Trinajstić information content (AvgIpc) is 2.18. The zero-order chi connectivity index (χ0) is 12.1. The van der Waals surface area contributed by atoms with Crippen LogP contribution in [0.15, 0.2) is 6.33 Å². The Morgan fingerprint density at radius 2 is 1.94 bits per heavy atom. The lowest BCUT2D eigenvalue weighted by Gasteiger charge is -2.13. The molecule has 0 bridgehead atoms. The van der Waals surface area contributed by atoms with Crippen LogP contribution < -0.4 is 5.73 Å². The number of nitrogens with zero attached hydrogens (tertiary/aromatic N) is 2. The number of nitrogens with two attached hydrogens (primary N) is 1. The summed E-state index contributed by atoms with van der Waals surface area (Å²) in [6.45, 7) is 8.55. The summed E-state index contributed by atoms with van der Waals surface area (Å²) in [5, 5.41) is 0. The fourth-order valence-electron chi connectivity index (χ4n) is 1.80. The van der Waals surface area contributed by atoms with Gasteiger partial charge in [0.2, 0.25) is 0 Å². The number of rotatable bonds is 5. The highest BCUT2D eigenvalue weighted by atomic mass is 14.8. The molecule has 0 aliphatic rings. The molecule has 0 aromatic carbocycles. The van der Waals surface area contributed by atoms with E-state index in [1.165, 1.54) is 11.3 Å². The van der Waals surface area contributed by atoms with Crippen LogP contribution in [0.3, 0.4) is 0 Å². The molecule has 0 aliphatic carbocycles. The van der Waals surface area contributed by atoms with Crippen molar-refractivity contribution in [3.05, 3.63) is 23.3 Å². The molecule has 16 heavy (non-hydrogen) atoms. The molecule has 3 nitrogen and oxygen atoms in total. The molecule has 0 spiro atoms. The van der Waals surface area contributed by atoms with E-state index in [-0.39, 0.29) is 6.04 Å². The average molecular weight is 221 g/mol. The van der Waals surface area contributed by atoms with E-state index < -0.39 is 0 Å². The first-order valence-electron chi connectivity index (χ1n) is 6.05. The van der Waals surface area contributed by atoms with Crippen molar-refractivity contribution in [1.82, 2.24) is 9.97 Å².